The van der Waals surface area contributed by atoms with Gasteiger partial charge in [0.05, 0.1) is 11.8 Å². The second kappa shape index (κ2) is 3.25. The summed E-state index contributed by atoms with van der Waals surface area (Å²) in [5, 5.41) is 19.9. The number of rotatable bonds is 2. The molecule has 0 aromatic rings. The van der Waals surface area contributed by atoms with Crippen LogP contribution in [0.5, 0.6) is 0 Å². The van der Waals surface area contributed by atoms with Gasteiger partial charge in [-0.15, -0.1) is 0 Å². The molecule has 0 aliphatic carbocycles. The van der Waals surface area contributed by atoms with E-state index in [0.29, 0.717) is 0 Å². The van der Waals surface area contributed by atoms with Gasteiger partial charge in [0.2, 0.25) is 0 Å². The van der Waals surface area contributed by atoms with Crippen molar-refractivity contribution in [1.29, 1.82) is 0 Å². The highest BCUT2D eigenvalue weighted by Crippen LogP contribution is 2.16. The maximum Gasteiger partial charge on any atom is 0.311 e. The Labute approximate surface area is 68.7 Å². The van der Waals surface area contributed by atoms with Crippen LogP contribution in [0.25, 0.3) is 0 Å². The molecule has 0 saturated heterocycles. The molecule has 66 valence electrons. The van der Waals surface area contributed by atoms with Crippen molar-refractivity contribution in [3.8, 4) is 0 Å². The summed E-state index contributed by atoms with van der Waals surface area (Å²) in [5.41, 5.74) is 0. The highest BCUT2D eigenvalue weighted by atomic mass is 16.4. The summed E-state index contributed by atoms with van der Waals surface area (Å²) in [6.07, 6.45) is 2.82. The van der Waals surface area contributed by atoms with Gasteiger partial charge in [0.15, 0.2) is 0 Å². The van der Waals surface area contributed by atoms with Crippen LogP contribution >= 0.6 is 0 Å². The van der Waals surface area contributed by atoms with Crippen LogP contribution in [0.15, 0.2) is 12.3 Å². The SMILES string of the molecule is O=C(O)C1C=CNCC1C(=O)O. The van der Waals surface area contributed by atoms with Crippen molar-refractivity contribution in [2.24, 2.45) is 11.8 Å². The van der Waals surface area contributed by atoms with Crippen LogP contribution in [0.1, 0.15) is 0 Å². The number of hydrogen-bond acceptors (Lipinski definition) is 3. The number of carbonyl (C=O) groups is 2. The van der Waals surface area contributed by atoms with Gasteiger partial charge >= 0.3 is 11.9 Å². The molecule has 0 saturated carbocycles. The summed E-state index contributed by atoms with van der Waals surface area (Å²) in [6, 6.07) is 0. The minimum Gasteiger partial charge on any atom is -0.481 e. The summed E-state index contributed by atoms with van der Waals surface area (Å²) in [5.74, 6) is -3.96. The molecule has 0 bridgehead atoms. The Balaban J connectivity index is 2.79. The van der Waals surface area contributed by atoms with E-state index in [0.717, 1.165) is 0 Å². The average Bonchev–Trinajstić information content (AvgIpc) is 2.04. The normalized spacial score (nSPS) is 27.7. The molecule has 12 heavy (non-hydrogen) atoms. The Hall–Kier alpha value is -1.52. The molecule has 0 radical (unpaired) electrons. The van der Waals surface area contributed by atoms with Gasteiger partial charge in [0.25, 0.3) is 0 Å². The highest BCUT2D eigenvalue weighted by Gasteiger charge is 2.33. The first-order chi connectivity index (χ1) is 5.63. The zero-order valence-electron chi connectivity index (χ0n) is 6.23. The fourth-order valence-electron chi connectivity index (χ4n) is 1.12. The molecule has 1 heterocycles. The Morgan fingerprint density at radius 1 is 1.33 bits per heavy atom. The van der Waals surface area contributed by atoms with Crippen molar-refractivity contribution < 1.29 is 19.8 Å². The standard InChI is InChI=1S/C7H9NO4/c9-6(10)4-1-2-8-3-5(4)7(11)12/h1-2,4-5,8H,3H2,(H,9,10)(H,11,12). The van der Waals surface area contributed by atoms with Crippen LogP contribution in [0, 0.1) is 11.8 Å². The van der Waals surface area contributed by atoms with Crippen molar-refractivity contribution in [3.05, 3.63) is 12.3 Å². The lowest BCUT2D eigenvalue weighted by molar-refractivity contribution is -0.151. The third-order valence-electron chi connectivity index (χ3n) is 1.80. The monoisotopic (exact) mass is 171 g/mol. The summed E-state index contributed by atoms with van der Waals surface area (Å²) < 4.78 is 0. The molecule has 1 aliphatic rings. The first-order valence-corrected chi connectivity index (χ1v) is 3.48. The summed E-state index contributed by atoms with van der Waals surface area (Å²) in [7, 11) is 0. The van der Waals surface area contributed by atoms with E-state index in [1.54, 1.807) is 0 Å². The third kappa shape index (κ3) is 1.55. The molecule has 0 amide bonds. The Morgan fingerprint density at radius 3 is 2.42 bits per heavy atom. The third-order valence-corrected chi connectivity index (χ3v) is 1.80. The second-order valence-corrected chi connectivity index (χ2v) is 2.58. The van der Waals surface area contributed by atoms with E-state index in [1.807, 2.05) is 0 Å². The van der Waals surface area contributed by atoms with E-state index in [1.165, 1.54) is 12.3 Å². The van der Waals surface area contributed by atoms with Gasteiger partial charge < -0.3 is 15.5 Å². The van der Waals surface area contributed by atoms with E-state index < -0.39 is 23.8 Å². The van der Waals surface area contributed by atoms with Crippen molar-refractivity contribution in [2.45, 2.75) is 0 Å². The number of nitrogens with one attached hydrogen (secondary N) is 1. The molecular formula is C7H9NO4. The van der Waals surface area contributed by atoms with Gasteiger partial charge in [-0.2, -0.15) is 0 Å². The molecule has 0 aromatic heterocycles. The number of carboxylic acid groups (broad SMARTS) is 2. The molecule has 2 unspecified atom stereocenters. The topological polar surface area (TPSA) is 86.6 Å². The molecule has 5 heteroatoms. The van der Waals surface area contributed by atoms with Crippen molar-refractivity contribution in [3.63, 3.8) is 0 Å². The largest absolute Gasteiger partial charge is 0.481 e. The molecule has 0 spiro atoms. The lowest BCUT2D eigenvalue weighted by atomic mass is 9.90. The van der Waals surface area contributed by atoms with Gasteiger partial charge in [-0.05, 0) is 6.20 Å². The van der Waals surface area contributed by atoms with Crippen LogP contribution in [0.3, 0.4) is 0 Å². The number of hydrogen-bond donors (Lipinski definition) is 3. The first kappa shape index (κ1) is 8.58. The van der Waals surface area contributed by atoms with Crippen molar-refractivity contribution in [1.82, 2.24) is 5.32 Å². The van der Waals surface area contributed by atoms with Gasteiger partial charge in [-0.25, -0.2) is 0 Å². The number of carboxylic acids is 2. The van der Waals surface area contributed by atoms with Crippen LogP contribution in [-0.2, 0) is 9.59 Å². The quantitative estimate of drug-likeness (QED) is 0.521. The maximum atomic E-state index is 10.5. The van der Waals surface area contributed by atoms with E-state index >= 15 is 0 Å². The lowest BCUT2D eigenvalue weighted by Crippen LogP contribution is -2.38. The van der Waals surface area contributed by atoms with E-state index in [4.69, 9.17) is 10.2 Å². The predicted molar refractivity (Wildman–Crippen MR) is 39.4 cm³/mol. The fraction of sp³-hybridized carbons (Fsp3) is 0.429. The minimum atomic E-state index is -1.10. The second-order valence-electron chi connectivity index (χ2n) is 2.58. The summed E-state index contributed by atoms with van der Waals surface area (Å²) in [6.45, 7) is 0.169. The molecule has 0 aromatic carbocycles. The summed E-state index contributed by atoms with van der Waals surface area (Å²) >= 11 is 0. The smallest absolute Gasteiger partial charge is 0.311 e. The fourth-order valence-corrected chi connectivity index (χ4v) is 1.12. The summed E-state index contributed by atoms with van der Waals surface area (Å²) in [4.78, 5) is 21.1. The Morgan fingerprint density at radius 2 is 2.00 bits per heavy atom. The predicted octanol–water partition coefficient (Wildman–Crippen LogP) is -0.495. The molecule has 2 atom stereocenters. The Bertz CT molecular complexity index is 236. The van der Waals surface area contributed by atoms with Gasteiger partial charge in [-0.3, -0.25) is 9.59 Å². The molecule has 5 nitrogen and oxygen atoms in total. The molecule has 3 N–H and O–H groups in total. The average molecular weight is 171 g/mol. The molecule has 1 rings (SSSR count). The molecule has 1 aliphatic heterocycles. The minimum absolute atomic E-state index is 0.169. The van der Waals surface area contributed by atoms with Crippen LogP contribution in [-0.4, -0.2) is 28.7 Å². The maximum absolute atomic E-state index is 10.5. The van der Waals surface area contributed by atoms with Gasteiger partial charge in [0.1, 0.15) is 0 Å². The van der Waals surface area contributed by atoms with E-state index in [2.05, 4.69) is 5.32 Å². The van der Waals surface area contributed by atoms with E-state index in [9.17, 15) is 9.59 Å². The first-order valence-electron chi connectivity index (χ1n) is 3.48. The molecular weight excluding hydrogens is 162 g/mol. The van der Waals surface area contributed by atoms with Gasteiger partial charge in [-0.1, -0.05) is 6.08 Å². The van der Waals surface area contributed by atoms with Crippen molar-refractivity contribution in [2.75, 3.05) is 6.54 Å². The van der Waals surface area contributed by atoms with Crippen LogP contribution < -0.4 is 5.32 Å². The zero-order valence-corrected chi connectivity index (χ0v) is 6.23. The van der Waals surface area contributed by atoms with Crippen molar-refractivity contribution >= 4 is 11.9 Å². The lowest BCUT2D eigenvalue weighted by Gasteiger charge is -2.21. The Kier molecular flexibility index (Phi) is 2.32. The zero-order chi connectivity index (χ0) is 9.14. The number of aliphatic carboxylic acids is 2. The highest BCUT2D eigenvalue weighted by molar-refractivity contribution is 5.82. The van der Waals surface area contributed by atoms with Crippen LogP contribution in [0.2, 0.25) is 0 Å². The van der Waals surface area contributed by atoms with E-state index in [-0.39, 0.29) is 6.54 Å². The molecule has 0 fully saturated rings. The van der Waals surface area contributed by atoms with Gasteiger partial charge in [0, 0.05) is 6.54 Å². The van der Waals surface area contributed by atoms with Crippen LogP contribution in [0.4, 0.5) is 0 Å².